The Morgan fingerprint density at radius 2 is 1.82 bits per heavy atom. The smallest absolute Gasteiger partial charge is 0.192 e. The molecule has 3 nitrogen and oxygen atoms in total. The van der Waals surface area contributed by atoms with Crippen molar-refractivity contribution in [2.24, 2.45) is 10.7 Å². The molecule has 3 rings (SSSR count). The molecule has 0 spiro atoms. The number of hydrogen-bond donors (Lipinski definition) is 1. The zero-order valence-electron chi connectivity index (χ0n) is 9.24. The van der Waals surface area contributed by atoms with Gasteiger partial charge in [0.05, 0.1) is 12.6 Å². The number of hydrogen-bond acceptors (Lipinski definition) is 3. The van der Waals surface area contributed by atoms with Crippen molar-refractivity contribution in [1.29, 1.82) is 0 Å². The lowest BCUT2D eigenvalue weighted by Crippen LogP contribution is -2.37. The molecule has 1 heterocycles. The number of rotatable bonds is 2. The molecule has 1 atom stereocenters. The number of nitrogens with two attached hydrogens (primary N) is 1. The summed E-state index contributed by atoms with van der Waals surface area (Å²) in [6.45, 7) is 0.477. The highest BCUT2D eigenvalue weighted by Crippen LogP contribution is 2.37. The van der Waals surface area contributed by atoms with E-state index in [4.69, 9.17) is 5.73 Å². The zero-order chi connectivity index (χ0) is 12.0. The van der Waals surface area contributed by atoms with Gasteiger partial charge in [0.2, 0.25) is 0 Å². The molecule has 1 unspecified atom stereocenters. The van der Waals surface area contributed by atoms with Gasteiger partial charge in [-0.15, -0.1) is 0 Å². The quantitative estimate of drug-likeness (QED) is 0.852. The Morgan fingerprint density at radius 1 is 1.18 bits per heavy atom. The Balaban J connectivity index is 1.93. The van der Waals surface area contributed by atoms with Crippen molar-refractivity contribution >= 4 is 5.96 Å². The largest absolute Gasteiger partial charge is 0.370 e. The van der Waals surface area contributed by atoms with Crippen LogP contribution in [0.3, 0.4) is 0 Å². The molecule has 0 bridgehead atoms. The van der Waals surface area contributed by atoms with Crippen molar-refractivity contribution in [3.8, 4) is 0 Å². The van der Waals surface area contributed by atoms with Crippen LogP contribution in [-0.2, 0) is 0 Å². The lowest BCUT2D eigenvalue weighted by atomic mass is 10.1. The first kappa shape index (κ1) is 10.5. The lowest BCUT2D eigenvalue weighted by molar-refractivity contribution is 0.336. The van der Waals surface area contributed by atoms with E-state index in [9.17, 15) is 8.78 Å². The summed E-state index contributed by atoms with van der Waals surface area (Å²) in [6.07, 6.45) is 2.15. The molecular weight excluding hydrogens is 224 g/mol. The highest BCUT2D eigenvalue weighted by atomic mass is 19.1. The van der Waals surface area contributed by atoms with Crippen LogP contribution in [0.15, 0.2) is 23.2 Å². The average molecular weight is 237 g/mol. The Labute approximate surface area is 97.9 Å². The number of guanidine groups is 1. The van der Waals surface area contributed by atoms with Crippen LogP contribution in [0.2, 0.25) is 0 Å². The van der Waals surface area contributed by atoms with E-state index in [0.717, 1.165) is 18.9 Å². The molecular formula is C12H13F2N3. The second-order valence-corrected chi connectivity index (χ2v) is 4.56. The van der Waals surface area contributed by atoms with Crippen molar-refractivity contribution in [2.75, 3.05) is 6.54 Å². The summed E-state index contributed by atoms with van der Waals surface area (Å²) in [5, 5.41) is 0. The van der Waals surface area contributed by atoms with Gasteiger partial charge in [0.15, 0.2) is 5.96 Å². The minimum absolute atomic E-state index is 0.118. The van der Waals surface area contributed by atoms with Crippen LogP contribution in [0.1, 0.15) is 24.4 Å². The molecule has 90 valence electrons. The van der Waals surface area contributed by atoms with Crippen LogP contribution in [0.25, 0.3) is 0 Å². The van der Waals surface area contributed by atoms with Gasteiger partial charge in [0.1, 0.15) is 11.6 Å². The average Bonchev–Trinajstić information content (AvgIpc) is 3.01. The van der Waals surface area contributed by atoms with E-state index in [2.05, 4.69) is 4.99 Å². The zero-order valence-corrected chi connectivity index (χ0v) is 9.24. The van der Waals surface area contributed by atoms with Gasteiger partial charge in [0.25, 0.3) is 0 Å². The molecule has 17 heavy (non-hydrogen) atoms. The Bertz CT molecular complexity index is 462. The van der Waals surface area contributed by atoms with E-state index in [1.54, 1.807) is 0 Å². The van der Waals surface area contributed by atoms with E-state index < -0.39 is 11.6 Å². The minimum atomic E-state index is -0.554. The summed E-state index contributed by atoms with van der Waals surface area (Å²) in [7, 11) is 0. The lowest BCUT2D eigenvalue weighted by Gasteiger charge is -2.26. The summed E-state index contributed by atoms with van der Waals surface area (Å²) in [4.78, 5) is 6.15. The van der Waals surface area contributed by atoms with Gasteiger partial charge in [-0.25, -0.2) is 8.78 Å². The molecule has 1 aliphatic carbocycles. The maximum atomic E-state index is 13.2. The molecule has 2 N–H and O–H groups in total. The molecule has 1 aromatic rings. The molecule has 1 saturated carbocycles. The van der Waals surface area contributed by atoms with Crippen LogP contribution in [0.4, 0.5) is 8.78 Å². The van der Waals surface area contributed by atoms with E-state index >= 15 is 0 Å². The van der Waals surface area contributed by atoms with Gasteiger partial charge < -0.3 is 10.6 Å². The van der Waals surface area contributed by atoms with Gasteiger partial charge in [-0.2, -0.15) is 0 Å². The monoisotopic (exact) mass is 237 g/mol. The normalized spacial score (nSPS) is 24.0. The summed E-state index contributed by atoms with van der Waals surface area (Å²) >= 11 is 0. The predicted octanol–water partition coefficient (Wildman–Crippen LogP) is 1.80. The molecule has 2 aliphatic rings. The molecule has 1 aromatic carbocycles. The van der Waals surface area contributed by atoms with Crippen LogP contribution in [0, 0.1) is 11.6 Å². The van der Waals surface area contributed by atoms with Crippen molar-refractivity contribution in [3.05, 3.63) is 35.4 Å². The number of benzene rings is 1. The van der Waals surface area contributed by atoms with Gasteiger partial charge in [-0.3, -0.25) is 4.99 Å². The van der Waals surface area contributed by atoms with Crippen molar-refractivity contribution in [3.63, 3.8) is 0 Å². The maximum absolute atomic E-state index is 13.2. The van der Waals surface area contributed by atoms with Gasteiger partial charge >= 0.3 is 0 Å². The second kappa shape index (κ2) is 3.68. The van der Waals surface area contributed by atoms with Crippen LogP contribution < -0.4 is 5.73 Å². The second-order valence-electron chi connectivity index (χ2n) is 4.56. The van der Waals surface area contributed by atoms with E-state index in [1.807, 2.05) is 4.90 Å². The molecule has 0 saturated heterocycles. The van der Waals surface area contributed by atoms with Crippen molar-refractivity contribution in [2.45, 2.75) is 24.9 Å². The maximum Gasteiger partial charge on any atom is 0.192 e. The van der Waals surface area contributed by atoms with Crippen LogP contribution >= 0.6 is 0 Å². The van der Waals surface area contributed by atoms with Crippen molar-refractivity contribution < 1.29 is 8.78 Å². The van der Waals surface area contributed by atoms with Crippen LogP contribution in [-0.4, -0.2) is 23.4 Å². The fourth-order valence-electron chi connectivity index (χ4n) is 2.34. The van der Waals surface area contributed by atoms with Crippen LogP contribution in [0.5, 0.6) is 0 Å². The summed E-state index contributed by atoms with van der Waals surface area (Å²) in [5.41, 5.74) is 6.42. The fraction of sp³-hybridized carbons (Fsp3) is 0.417. The summed E-state index contributed by atoms with van der Waals surface area (Å²) in [6, 6.07) is 3.86. The number of halogens is 2. The molecule has 5 heteroatoms. The molecule has 1 fully saturated rings. The summed E-state index contributed by atoms with van der Waals surface area (Å²) in [5.74, 6) is -0.621. The Hall–Kier alpha value is -1.65. The van der Waals surface area contributed by atoms with Gasteiger partial charge in [-0.1, -0.05) is 0 Å². The number of nitrogens with zero attached hydrogens (tertiary/aromatic N) is 2. The first-order chi connectivity index (χ1) is 8.15. The van der Waals surface area contributed by atoms with E-state index in [1.165, 1.54) is 12.1 Å². The standard InChI is InChI=1S/C12H13F2N3/c13-8-3-7(4-9(14)5-8)11-6-16-12(15)17(11)10-1-2-10/h3-5,10-11H,1-2,6H2,(H2,15,16). The molecule has 0 amide bonds. The molecule has 0 aromatic heterocycles. The van der Waals surface area contributed by atoms with E-state index in [-0.39, 0.29) is 6.04 Å². The fourth-order valence-corrected chi connectivity index (χ4v) is 2.34. The first-order valence-electron chi connectivity index (χ1n) is 5.69. The third kappa shape index (κ3) is 1.85. The van der Waals surface area contributed by atoms with Gasteiger partial charge in [0, 0.05) is 12.1 Å². The first-order valence-corrected chi connectivity index (χ1v) is 5.69. The topological polar surface area (TPSA) is 41.6 Å². The number of aliphatic imine (C=N–C) groups is 1. The summed E-state index contributed by atoms with van der Waals surface area (Å²) < 4.78 is 26.4. The van der Waals surface area contributed by atoms with E-state index in [0.29, 0.717) is 24.1 Å². The third-order valence-electron chi connectivity index (χ3n) is 3.24. The Kier molecular flexibility index (Phi) is 2.28. The van der Waals surface area contributed by atoms with Crippen molar-refractivity contribution in [1.82, 2.24) is 4.90 Å². The molecule has 0 radical (unpaired) electrons. The Morgan fingerprint density at radius 3 is 2.41 bits per heavy atom. The highest BCUT2D eigenvalue weighted by Gasteiger charge is 2.39. The SMILES string of the molecule is NC1=NCC(c2cc(F)cc(F)c2)N1C1CC1. The minimum Gasteiger partial charge on any atom is -0.370 e. The predicted molar refractivity (Wildman–Crippen MR) is 60.4 cm³/mol. The van der Waals surface area contributed by atoms with Gasteiger partial charge in [-0.05, 0) is 30.5 Å². The molecule has 1 aliphatic heterocycles. The highest BCUT2D eigenvalue weighted by molar-refractivity contribution is 5.81. The third-order valence-corrected chi connectivity index (χ3v) is 3.24.